The number of fused-ring (bicyclic) bond motifs is 1. The summed E-state index contributed by atoms with van der Waals surface area (Å²) in [4.78, 5) is 4.85. The Kier molecular flexibility index (Phi) is 5.66. The zero-order valence-electron chi connectivity index (χ0n) is 16.7. The highest BCUT2D eigenvalue weighted by molar-refractivity contribution is 5.80. The average Bonchev–Trinajstić information content (AvgIpc) is 3.14. The van der Waals surface area contributed by atoms with Crippen molar-refractivity contribution in [2.24, 2.45) is 0 Å². The number of imidazole rings is 1. The molecule has 0 amide bonds. The van der Waals surface area contributed by atoms with E-state index in [1.807, 2.05) is 73.7 Å². The van der Waals surface area contributed by atoms with Gasteiger partial charge in [0.25, 0.3) is 0 Å². The number of ether oxygens (including phenoxy) is 3. The lowest BCUT2D eigenvalue weighted by Crippen LogP contribution is -2.10. The van der Waals surface area contributed by atoms with Crippen molar-refractivity contribution in [2.75, 3.05) is 20.3 Å². The summed E-state index contributed by atoms with van der Waals surface area (Å²) in [5, 5.41) is 0. The van der Waals surface area contributed by atoms with E-state index in [1.165, 1.54) is 0 Å². The van der Waals surface area contributed by atoms with Gasteiger partial charge in [0.1, 0.15) is 18.2 Å². The van der Waals surface area contributed by atoms with Crippen LogP contribution in [0.5, 0.6) is 17.2 Å². The fourth-order valence-electron chi connectivity index (χ4n) is 3.35. The third kappa shape index (κ3) is 4.04. The number of benzene rings is 3. The van der Waals surface area contributed by atoms with Crippen molar-refractivity contribution in [1.29, 1.82) is 0 Å². The summed E-state index contributed by atoms with van der Waals surface area (Å²) >= 11 is 0. The number of nitrogens with zero attached hydrogens (tertiary/aromatic N) is 2. The van der Waals surface area contributed by atoms with Crippen LogP contribution in [0.3, 0.4) is 0 Å². The van der Waals surface area contributed by atoms with Gasteiger partial charge in [0.05, 0.1) is 31.3 Å². The standard InChI is InChI=1S/C24H24N2O3/c1-3-28-22-10-6-7-11-23(22)29-17-16-26-21-9-5-4-8-20(21)25-24(26)18-12-14-19(27-2)15-13-18/h4-15H,3,16-17H2,1-2H3. The van der Waals surface area contributed by atoms with Gasteiger partial charge >= 0.3 is 0 Å². The largest absolute Gasteiger partial charge is 0.497 e. The van der Waals surface area contributed by atoms with Crippen LogP contribution in [0.25, 0.3) is 22.4 Å². The lowest BCUT2D eigenvalue weighted by Gasteiger charge is -2.13. The summed E-state index contributed by atoms with van der Waals surface area (Å²) in [5.74, 6) is 3.26. The molecule has 0 aliphatic heterocycles. The Bertz CT molecular complexity index is 1090. The van der Waals surface area contributed by atoms with Crippen molar-refractivity contribution in [3.63, 3.8) is 0 Å². The minimum Gasteiger partial charge on any atom is -0.497 e. The van der Waals surface area contributed by atoms with E-state index in [2.05, 4.69) is 10.6 Å². The predicted molar refractivity (Wildman–Crippen MR) is 115 cm³/mol. The second-order valence-electron chi connectivity index (χ2n) is 6.53. The molecule has 3 aromatic carbocycles. The maximum atomic E-state index is 6.05. The first-order valence-corrected chi connectivity index (χ1v) is 9.74. The van der Waals surface area contributed by atoms with Gasteiger partial charge in [0.2, 0.25) is 0 Å². The summed E-state index contributed by atoms with van der Waals surface area (Å²) in [5.41, 5.74) is 3.09. The first-order chi connectivity index (χ1) is 14.3. The second-order valence-corrected chi connectivity index (χ2v) is 6.53. The van der Waals surface area contributed by atoms with Gasteiger partial charge in [-0.3, -0.25) is 0 Å². The van der Waals surface area contributed by atoms with E-state index in [9.17, 15) is 0 Å². The molecule has 1 heterocycles. The van der Waals surface area contributed by atoms with E-state index >= 15 is 0 Å². The fourth-order valence-corrected chi connectivity index (χ4v) is 3.35. The van der Waals surface area contributed by atoms with Gasteiger partial charge in [-0.1, -0.05) is 24.3 Å². The lowest BCUT2D eigenvalue weighted by molar-refractivity contribution is 0.268. The molecule has 4 rings (SSSR count). The summed E-state index contributed by atoms with van der Waals surface area (Å²) in [6.07, 6.45) is 0. The van der Waals surface area contributed by atoms with E-state index in [0.29, 0.717) is 19.8 Å². The van der Waals surface area contributed by atoms with Gasteiger partial charge in [-0.15, -0.1) is 0 Å². The molecule has 4 aromatic rings. The maximum absolute atomic E-state index is 6.05. The number of rotatable bonds is 8. The van der Waals surface area contributed by atoms with Crippen LogP contribution < -0.4 is 14.2 Å². The van der Waals surface area contributed by atoms with Crippen LogP contribution in [0.15, 0.2) is 72.8 Å². The van der Waals surface area contributed by atoms with Crippen molar-refractivity contribution in [2.45, 2.75) is 13.5 Å². The number of para-hydroxylation sites is 4. The lowest BCUT2D eigenvalue weighted by atomic mass is 10.2. The molecule has 5 heteroatoms. The van der Waals surface area contributed by atoms with E-state index in [1.54, 1.807) is 7.11 Å². The molecule has 0 spiro atoms. The Morgan fingerprint density at radius 1 is 0.828 bits per heavy atom. The van der Waals surface area contributed by atoms with E-state index in [4.69, 9.17) is 19.2 Å². The van der Waals surface area contributed by atoms with Crippen molar-refractivity contribution in [3.05, 3.63) is 72.8 Å². The molecule has 0 unspecified atom stereocenters. The second kappa shape index (κ2) is 8.69. The predicted octanol–water partition coefficient (Wildman–Crippen LogP) is 5.19. The monoisotopic (exact) mass is 388 g/mol. The number of aromatic nitrogens is 2. The van der Waals surface area contributed by atoms with Gasteiger partial charge in [0, 0.05) is 5.56 Å². The topological polar surface area (TPSA) is 45.5 Å². The molecule has 0 atom stereocenters. The Hall–Kier alpha value is -3.47. The van der Waals surface area contributed by atoms with E-state index in [0.717, 1.165) is 39.7 Å². The molecule has 0 aliphatic carbocycles. The molecule has 0 aliphatic rings. The summed E-state index contributed by atoms with van der Waals surface area (Å²) < 4.78 is 19.2. The molecule has 0 saturated heterocycles. The van der Waals surface area contributed by atoms with Crippen LogP contribution in [0, 0.1) is 0 Å². The third-order valence-electron chi connectivity index (χ3n) is 4.72. The van der Waals surface area contributed by atoms with Crippen LogP contribution in [0.4, 0.5) is 0 Å². The molecule has 1 aromatic heterocycles. The molecule has 5 nitrogen and oxygen atoms in total. The normalized spacial score (nSPS) is 10.8. The molecule has 0 bridgehead atoms. The van der Waals surface area contributed by atoms with Gasteiger partial charge in [0.15, 0.2) is 11.5 Å². The molecule has 0 fully saturated rings. The smallest absolute Gasteiger partial charge is 0.161 e. The summed E-state index contributed by atoms with van der Waals surface area (Å²) in [7, 11) is 1.67. The van der Waals surface area contributed by atoms with Crippen molar-refractivity contribution in [3.8, 4) is 28.6 Å². The van der Waals surface area contributed by atoms with Gasteiger partial charge in [-0.05, 0) is 55.5 Å². The van der Waals surface area contributed by atoms with E-state index < -0.39 is 0 Å². The van der Waals surface area contributed by atoms with Crippen LogP contribution in [-0.2, 0) is 6.54 Å². The molecule has 0 saturated carbocycles. The minimum absolute atomic E-state index is 0.508. The van der Waals surface area contributed by atoms with Gasteiger partial charge in [-0.2, -0.15) is 0 Å². The highest BCUT2D eigenvalue weighted by Gasteiger charge is 2.13. The van der Waals surface area contributed by atoms with E-state index in [-0.39, 0.29) is 0 Å². The van der Waals surface area contributed by atoms with Crippen molar-refractivity contribution < 1.29 is 14.2 Å². The molecule has 148 valence electrons. The molecule has 0 radical (unpaired) electrons. The van der Waals surface area contributed by atoms with Crippen LogP contribution in [-0.4, -0.2) is 29.9 Å². The fraction of sp³-hybridized carbons (Fsp3) is 0.208. The summed E-state index contributed by atoms with van der Waals surface area (Å²) in [6.45, 7) is 3.75. The Labute approximate surface area is 170 Å². The van der Waals surface area contributed by atoms with Crippen molar-refractivity contribution >= 4 is 11.0 Å². The molecule has 0 N–H and O–H groups in total. The van der Waals surface area contributed by atoms with Crippen LogP contribution in [0.2, 0.25) is 0 Å². The first kappa shape index (κ1) is 18.9. The molecular formula is C24H24N2O3. The summed E-state index contributed by atoms with van der Waals surface area (Å²) in [6, 6.07) is 23.9. The average molecular weight is 388 g/mol. The number of hydrogen-bond donors (Lipinski definition) is 0. The molecule has 29 heavy (non-hydrogen) atoms. The number of methoxy groups -OCH3 is 1. The van der Waals surface area contributed by atoms with Gasteiger partial charge < -0.3 is 18.8 Å². The zero-order valence-corrected chi connectivity index (χ0v) is 16.7. The minimum atomic E-state index is 0.508. The highest BCUT2D eigenvalue weighted by Crippen LogP contribution is 2.28. The third-order valence-corrected chi connectivity index (χ3v) is 4.72. The van der Waals surface area contributed by atoms with Crippen LogP contribution in [0.1, 0.15) is 6.92 Å². The number of hydrogen-bond acceptors (Lipinski definition) is 4. The Balaban J connectivity index is 1.61. The Morgan fingerprint density at radius 3 is 2.24 bits per heavy atom. The zero-order chi connectivity index (χ0) is 20.1. The van der Waals surface area contributed by atoms with Crippen molar-refractivity contribution in [1.82, 2.24) is 9.55 Å². The Morgan fingerprint density at radius 2 is 1.52 bits per heavy atom. The quantitative estimate of drug-likeness (QED) is 0.417. The maximum Gasteiger partial charge on any atom is 0.161 e. The molecular weight excluding hydrogens is 364 g/mol. The van der Waals surface area contributed by atoms with Gasteiger partial charge in [-0.25, -0.2) is 4.98 Å². The SMILES string of the molecule is CCOc1ccccc1OCCn1c(-c2ccc(OC)cc2)nc2ccccc21. The van der Waals surface area contributed by atoms with Crippen LogP contribution >= 0.6 is 0 Å². The first-order valence-electron chi connectivity index (χ1n) is 9.74. The highest BCUT2D eigenvalue weighted by atomic mass is 16.5.